The van der Waals surface area contributed by atoms with Crippen LogP contribution in [-0.2, 0) is 4.74 Å². The number of carbonyl (C=O) groups excluding carboxylic acids is 3. The molecule has 1 fully saturated rings. The summed E-state index contributed by atoms with van der Waals surface area (Å²) in [6.07, 6.45) is 3.83. The van der Waals surface area contributed by atoms with Crippen molar-refractivity contribution in [3.63, 3.8) is 0 Å². The SMILES string of the molecule is CSc1nc(C2CC2)cc(C(=O)OCCN2C(=O)c3ccccc3C2=O)c1C#N. The number of pyridine rings is 1. The maximum absolute atomic E-state index is 12.6. The molecule has 0 bridgehead atoms. The molecule has 1 aromatic heterocycles. The summed E-state index contributed by atoms with van der Waals surface area (Å²) in [6, 6.07) is 10.3. The molecule has 1 saturated carbocycles. The first-order valence-electron chi connectivity index (χ1n) is 9.16. The zero-order chi connectivity index (χ0) is 20.5. The van der Waals surface area contributed by atoms with Crippen molar-refractivity contribution >= 4 is 29.5 Å². The summed E-state index contributed by atoms with van der Waals surface area (Å²) in [5, 5.41) is 9.99. The van der Waals surface area contributed by atoms with Crippen molar-refractivity contribution in [3.8, 4) is 6.07 Å². The van der Waals surface area contributed by atoms with Gasteiger partial charge in [-0.25, -0.2) is 9.78 Å². The van der Waals surface area contributed by atoms with E-state index in [1.165, 1.54) is 11.8 Å². The Bertz CT molecular complexity index is 1040. The largest absolute Gasteiger partial charge is 0.460 e. The van der Waals surface area contributed by atoms with Gasteiger partial charge in [0.05, 0.1) is 28.8 Å². The van der Waals surface area contributed by atoms with Gasteiger partial charge in [-0.05, 0) is 37.3 Å². The highest BCUT2D eigenvalue weighted by molar-refractivity contribution is 7.98. The average molecular weight is 407 g/mol. The summed E-state index contributed by atoms with van der Waals surface area (Å²) >= 11 is 1.31. The van der Waals surface area contributed by atoms with Gasteiger partial charge in [-0.1, -0.05) is 12.1 Å². The van der Waals surface area contributed by atoms with E-state index in [-0.39, 0.29) is 24.3 Å². The molecule has 2 aliphatic rings. The third-order valence-electron chi connectivity index (χ3n) is 4.95. The van der Waals surface area contributed by atoms with E-state index in [1.807, 2.05) is 6.07 Å². The minimum absolute atomic E-state index is 0.0457. The van der Waals surface area contributed by atoms with Gasteiger partial charge in [0.2, 0.25) is 0 Å². The summed E-state index contributed by atoms with van der Waals surface area (Å²) in [5.41, 5.74) is 1.86. The number of hydrogen-bond donors (Lipinski definition) is 0. The van der Waals surface area contributed by atoms with Crippen LogP contribution >= 0.6 is 11.8 Å². The highest BCUT2D eigenvalue weighted by Crippen LogP contribution is 2.40. The Morgan fingerprint density at radius 2 is 1.93 bits per heavy atom. The Morgan fingerprint density at radius 1 is 1.28 bits per heavy atom. The molecule has 0 spiro atoms. The van der Waals surface area contributed by atoms with Crippen molar-refractivity contribution in [2.24, 2.45) is 0 Å². The molecule has 2 heterocycles. The van der Waals surface area contributed by atoms with E-state index in [0.717, 1.165) is 23.4 Å². The van der Waals surface area contributed by atoms with Crippen LogP contribution in [0.2, 0.25) is 0 Å². The molecule has 1 aliphatic carbocycles. The van der Waals surface area contributed by atoms with Crippen LogP contribution in [0.5, 0.6) is 0 Å². The maximum atomic E-state index is 12.6. The van der Waals surface area contributed by atoms with E-state index in [4.69, 9.17) is 4.74 Å². The third kappa shape index (κ3) is 3.49. The predicted octanol–water partition coefficient (Wildman–Crippen LogP) is 3.01. The number of amides is 2. The summed E-state index contributed by atoms with van der Waals surface area (Å²) < 4.78 is 5.31. The molecule has 29 heavy (non-hydrogen) atoms. The van der Waals surface area contributed by atoms with Gasteiger partial charge in [0.1, 0.15) is 17.7 Å². The smallest absolute Gasteiger partial charge is 0.339 e. The van der Waals surface area contributed by atoms with E-state index >= 15 is 0 Å². The van der Waals surface area contributed by atoms with E-state index in [9.17, 15) is 19.6 Å². The lowest BCUT2D eigenvalue weighted by atomic mass is 10.1. The van der Waals surface area contributed by atoms with Crippen molar-refractivity contribution in [1.29, 1.82) is 5.26 Å². The summed E-state index contributed by atoms with van der Waals surface area (Å²) in [6.45, 7) is -0.194. The molecular formula is C21H17N3O4S. The van der Waals surface area contributed by atoms with E-state index in [0.29, 0.717) is 22.1 Å². The minimum atomic E-state index is -0.655. The quantitative estimate of drug-likeness (QED) is 0.412. The summed E-state index contributed by atoms with van der Waals surface area (Å²) in [7, 11) is 0. The van der Waals surface area contributed by atoms with Crippen LogP contribution in [0, 0.1) is 11.3 Å². The molecule has 7 nitrogen and oxygen atoms in total. The molecule has 1 aliphatic heterocycles. The number of rotatable bonds is 6. The van der Waals surface area contributed by atoms with Gasteiger partial charge in [0.25, 0.3) is 11.8 Å². The Kier molecular flexibility index (Phi) is 5.07. The number of carbonyl (C=O) groups is 3. The molecule has 2 aromatic rings. The second-order valence-electron chi connectivity index (χ2n) is 6.81. The van der Waals surface area contributed by atoms with Gasteiger partial charge in [-0.2, -0.15) is 5.26 Å². The molecule has 146 valence electrons. The Balaban J connectivity index is 1.47. The van der Waals surface area contributed by atoms with Crippen LogP contribution in [0.1, 0.15) is 61.1 Å². The molecular weight excluding hydrogens is 390 g/mol. The van der Waals surface area contributed by atoms with Crippen molar-refractivity contribution in [2.45, 2.75) is 23.8 Å². The van der Waals surface area contributed by atoms with Crippen LogP contribution in [0.15, 0.2) is 35.4 Å². The molecule has 1 aromatic carbocycles. The lowest BCUT2D eigenvalue weighted by molar-refractivity contribution is 0.0419. The number of nitriles is 1. The second kappa shape index (κ2) is 7.68. The summed E-state index contributed by atoms with van der Waals surface area (Å²) in [4.78, 5) is 42.9. The van der Waals surface area contributed by atoms with Crippen LogP contribution < -0.4 is 0 Å². The van der Waals surface area contributed by atoms with Gasteiger partial charge < -0.3 is 4.74 Å². The number of benzene rings is 1. The molecule has 8 heteroatoms. The summed E-state index contributed by atoms with van der Waals surface area (Å²) in [5.74, 6) is -1.13. The predicted molar refractivity (Wildman–Crippen MR) is 105 cm³/mol. The standard InChI is InChI=1S/C21H17N3O4S/c1-29-18-16(11-22)15(10-17(23-18)12-6-7-12)21(27)28-9-8-24-19(25)13-4-2-3-5-14(13)20(24)26/h2-5,10,12H,6-9H2,1H3. The molecule has 0 unspecified atom stereocenters. The first-order chi connectivity index (χ1) is 14.0. The Labute approximate surface area is 171 Å². The first kappa shape index (κ1) is 19.2. The second-order valence-corrected chi connectivity index (χ2v) is 7.60. The number of ether oxygens (including phenoxy) is 1. The maximum Gasteiger partial charge on any atom is 0.339 e. The molecule has 0 radical (unpaired) electrons. The van der Waals surface area contributed by atoms with Gasteiger partial charge >= 0.3 is 5.97 Å². The minimum Gasteiger partial charge on any atom is -0.460 e. The van der Waals surface area contributed by atoms with Crippen LogP contribution in [0.4, 0.5) is 0 Å². The number of nitrogens with zero attached hydrogens (tertiary/aromatic N) is 3. The first-order valence-corrected chi connectivity index (χ1v) is 10.4. The van der Waals surface area contributed by atoms with Crippen LogP contribution in [0.3, 0.4) is 0 Å². The molecule has 0 saturated heterocycles. The zero-order valence-electron chi connectivity index (χ0n) is 15.7. The van der Waals surface area contributed by atoms with Crippen molar-refractivity contribution in [2.75, 3.05) is 19.4 Å². The lowest BCUT2D eigenvalue weighted by Gasteiger charge is -2.14. The number of hydrogen-bond acceptors (Lipinski definition) is 7. The van der Waals surface area contributed by atoms with Crippen molar-refractivity contribution in [1.82, 2.24) is 9.88 Å². The molecule has 0 N–H and O–H groups in total. The van der Waals surface area contributed by atoms with E-state index in [1.54, 1.807) is 36.6 Å². The third-order valence-corrected chi connectivity index (χ3v) is 5.64. The normalized spacial score (nSPS) is 15.2. The lowest BCUT2D eigenvalue weighted by Crippen LogP contribution is -2.33. The number of esters is 1. The topological polar surface area (TPSA) is 100 Å². The van der Waals surface area contributed by atoms with Crippen LogP contribution in [-0.4, -0.2) is 47.1 Å². The zero-order valence-corrected chi connectivity index (χ0v) is 16.5. The Morgan fingerprint density at radius 3 is 2.48 bits per heavy atom. The fraction of sp³-hybridized carbons (Fsp3) is 0.286. The van der Waals surface area contributed by atoms with Gasteiger partial charge in [-0.15, -0.1) is 11.8 Å². The van der Waals surface area contributed by atoms with Crippen LogP contribution in [0.25, 0.3) is 0 Å². The highest BCUT2D eigenvalue weighted by atomic mass is 32.2. The molecule has 2 amide bonds. The Hall–Kier alpha value is -3.18. The van der Waals surface area contributed by atoms with Gasteiger partial charge in [0.15, 0.2) is 0 Å². The van der Waals surface area contributed by atoms with Gasteiger partial charge in [0, 0.05) is 11.6 Å². The fourth-order valence-electron chi connectivity index (χ4n) is 3.30. The van der Waals surface area contributed by atoms with Crippen molar-refractivity contribution in [3.05, 3.63) is 58.3 Å². The van der Waals surface area contributed by atoms with E-state index in [2.05, 4.69) is 4.98 Å². The number of imide groups is 1. The molecule has 0 atom stereocenters. The highest BCUT2D eigenvalue weighted by Gasteiger charge is 2.35. The number of aromatic nitrogens is 1. The molecule has 4 rings (SSSR count). The number of fused-ring (bicyclic) bond motifs is 1. The van der Waals surface area contributed by atoms with E-state index < -0.39 is 17.8 Å². The van der Waals surface area contributed by atoms with Gasteiger partial charge in [-0.3, -0.25) is 14.5 Å². The average Bonchev–Trinajstić information content (AvgIpc) is 3.57. The monoisotopic (exact) mass is 407 g/mol. The number of thioether (sulfide) groups is 1. The van der Waals surface area contributed by atoms with Crippen molar-refractivity contribution < 1.29 is 19.1 Å². The fourth-order valence-corrected chi connectivity index (χ4v) is 3.85.